The van der Waals surface area contributed by atoms with Crippen LogP contribution in [0.15, 0.2) is 47.4 Å². The van der Waals surface area contributed by atoms with Crippen molar-refractivity contribution in [3.05, 3.63) is 59.4 Å². The molecular weight excluding hydrogens is 397 g/mol. The van der Waals surface area contributed by atoms with Crippen molar-refractivity contribution in [2.75, 3.05) is 25.0 Å². The summed E-state index contributed by atoms with van der Waals surface area (Å²) in [5.41, 5.74) is 1.24. The van der Waals surface area contributed by atoms with Crippen molar-refractivity contribution in [3.8, 4) is 0 Å². The lowest BCUT2D eigenvalue weighted by Gasteiger charge is -2.18. The third kappa shape index (κ3) is 5.61. The molecule has 2 amide bonds. The van der Waals surface area contributed by atoms with Crippen LogP contribution in [-0.4, -0.2) is 44.2 Å². The van der Waals surface area contributed by atoms with Gasteiger partial charge in [0.1, 0.15) is 5.82 Å². The van der Waals surface area contributed by atoms with Crippen LogP contribution in [0.5, 0.6) is 0 Å². The number of benzene rings is 2. The lowest BCUT2D eigenvalue weighted by atomic mass is 10.2. The number of carbonyl (C=O) groups excluding carboxylic acids is 2. The summed E-state index contributed by atoms with van der Waals surface area (Å²) < 4.78 is 39.5. The van der Waals surface area contributed by atoms with Gasteiger partial charge < -0.3 is 10.6 Å². The first-order chi connectivity index (χ1) is 13.7. The fraction of sp³-hybridized carbons (Fsp3) is 0.300. The second kappa shape index (κ2) is 9.62. The van der Waals surface area contributed by atoms with E-state index >= 15 is 0 Å². The summed E-state index contributed by atoms with van der Waals surface area (Å²) >= 11 is 0. The molecule has 0 aliphatic carbocycles. The van der Waals surface area contributed by atoms with Gasteiger partial charge in [-0.05, 0) is 48.9 Å². The molecule has 2 aromatic rings. The van der Waals surface area contributed by atoms with Gasteiger partial charge in [-0.2, -0.15) is 4.31 Å². The average Bonchev–Trinajstić information content (AvgIpc) is 2.69. The summed E-state index contributed by atoms with van der Waals surface area (Å²) in [5.74, 6) is -1.51. The summed E-state index contributed by atoms with van der Waals surface area (Å²) in [5, 5.41) is 4.99. The van der Waals surface area contributed by atoms with Crippen LogP contribution in [-0.2, 0) is 14.8 Å². The minimum absolute atomic E-state index is 0.0945. The normalized spacial score (nSPS) is 11.3. The van der Waals surface area contributed by atoms with Crippen LogP contribution in [0.4, 0.5) is 10.1 Å². The minimum Gasteiger partial charge on any atom is -0.343 e. The van der Waals surface area contributed by atoms with E-state index in [1.165, 1.54) is 46.8 Å². The molecule has 2 N–H and O–H groups in total. The van der Waals surface area contributed by atoms with Crippen LogP contribution in [0.1, 0.15) is 29.8 Å². The number of halogens is 1. The van der Waals surface area contributed by atoms with E-state index in [9.17, 15) is 22.4 Å². The second-order valence-electron chi connectivity index (χ2n) is 6.30. The van der Waals surface area contributed by atoms with Crippen LogP contribution in [0.25, 0.3) is 0 Å². The zero-order chi connectivity index (χ0) is 21.6. The summed E-state index contributed by atoms with van der Waals surface area (Å²) in [6, 6.07) is 9.52. The standard InChI is InChI=1S/C20H24FN3O4S/c1-4-24(5-2)29(27,28)17-10-7-15(8-11-17)20(26)22-13-19(25)23-18-12-16(21)9-6-14(18)3/h6-12H,4-5,13H2,1-3H3,(H,22,26)(H,23,25). The van der Waals surface area contributed by atoms with Crippen molar-refractivity contribution in [1.82, 2.24) is 9.62 Å². The molecular formula is C20H24FN3O4S. The van der Waals surface area contributed by atoms with Crippen molar-refractivity contribution >= 4 is 27.5 Å². The quantitative estimate of drug-likeness (QED) is 0.685. The summed E-state index contributed by atoms with van der Waals surface area (Å²) in [4.78, 5) is 24.3. The number of aryl methyl sites for hydroxylation is 1. The lowest BCUT2D eigenvalue weighted by Crippen LogP contribution is -2.33. The largest absolute Gasteiger partial charge is 0.343 e. The number of nitrogens with zero attached hydrogens (tertiary/aromatic N) is 1. The van der Waals surface area contributed by atoms with E-state index < -0.39 is 27.7 Å². The number of rotatable bonds is 8. The summed E-state index contributed by atoms with van der Waals surface area (Å²) in [7, 11) is -3.60. The van der Waals surface area contributed by atoms with Gasteiger partial charge in [-0.25, -0.2) is 12.8 Å². The number of sulfonamides is 1. The Hall–Kier alpha value is -2.78. The first-order valence-electron chi connectivity index (χ1n) is 9.13. The molecule has 0 atom stereocenters. The molecule has 0 heterocycles. The van der Waals surface area contributed by atoms with E-state index in [1.807, 2.05) is 0 Å². The van der Waals surface area contributed by atoms with E-state index in [0.717, 1.165) is 0 Å². The maximum absolute atomic E-state index is 13.3. The molecule has 0 aliphatic rings. The first-order valence-corrected chi connectivity index (χ1v) is 10.6. The van der Waals surface area contributed by atoms with Gasteiger partial charge in [0.25, 0.3) is 5.91 Å². The van der Waals surface area contributed by atoms with Gasteiger partial charge in [0.15, 0.2) is 0 Å². The Morgan fingerprint density at radius 3 is 2.24 bits per heavy atom. The zero-order valence-corrected chi connectivity index (χ0v) is 17.3. The van der Waals surface area contributed by atoms with Gasteiger partial charge in [0, 0.05) is 24.3 Å². The molecule has 0 spiro atoms. The summed E-state index contributed by atoms with van der Waals surface area (Å²) in [6.45, 7) is 5.61. The highest BCUT2D eigenvalue weighted by Crippen LogP contribution is 2.17. The third-order valence-electron chi connectivity index (χ3n) is 4.34. The van der Waals surface area contributed by atoms with Crippen LogP contribution < -0.4 is 10.6 Å². The Bertz CT molecular complexity index is 987. The van der Waals surface area contributed by atoms with E-state index in [1.54, 1.807) is 20.8 Å². The molecule has 0 unspecified atom stereocenters. The SMILES string of the molecule is CCN(CC)S(=O)(=O)c1ccc(C(=O)NCC(=O)Nc2cc(F)ccc2C)cc1. The highest BCUT2D eigenvalue weighted by atomic mass is 32.2. The lowest BCUT2D eigenvalue weighted by molar-refractivity contribution is -0.115. The van der Waals surface area contributed by atoms with Crippen LogP contribution >= 0.6 is 0 Å². The minimum atomic E-state index is -3.60. The molecule has 0 aliphatic heterocycles. The number of amides is 2. The fourth-order valence-electron chi connectivity index (χ4n) is 2.68. The smallest absolute Gasteiger partial charge is 0.251 e. The highest BCUT2D eigenvalue weighted by molar-refractivity contribution is 7.89. The molecule has 0 saturated carbocycles. The van der Waals surface area contributed by atoms with E-state index in [4.69, 9.17) is 0 Å². The van der Waals surface area contributed by atoms with E-state index in [-0.39, 0.29) is 17.0 Å². The predicted molar refractivity (Wildman–Crippen MR) is 109 cm³/mol. The second-order valence-corrected chi connectivity index (χ2v) is 8.24. The van der Waals surface area contributed by atoms with Gasteiger partial charge in [-0.15, -0.1) is 0 Å². The van der Waals surface area contributed by atoms with Crippen molar-refractivity contribution < 1.29 is 22.4 Å². The highest BCUT2D eigenvalue weighted by Gasteiger charge is 2.21. The molecule has 2 aromatic carbocycles. The van der Waals surface area contributed by atoms with Crippen molar-refractivity contribution in [1.29, 1.82) is 0 Å². The molecule has 29 heavy (non-hydrogen) atoms. The predicted octanol–water partition coefficient (Wildman–Crippen LogP) is 2.53. The number of hydrogen-bond acceptors (Lipinski definition) is 4. The Labute approximate surface area is 170 Å². The average molecular weight is 421 g/mol. The number of carbonyl (C=O) groups is 2. The first kappa shape index (κ1) is 22.5. The number of nitrogens with one attached hydrogen (secondary N) is 2. The monoisotopic (exact) mass is 421 g/mol. The number of hydrogen-bond donors (Lipinski definition) is 2. The zero-order valence-electron chi connectivity index (χ0n) is 16.5. The van der Waals surface area contributed by atoms with Gasteiger partial charge in [0.2, 0.25) is 15.9 Å². The van der Waals surface area contributed by atoms with E-state index in [0.29, 0.717) is 24.3 Å². The molecule has 7 nitrogen and oxygen atoms in total. The fourth-order valence-corrected chi connectivity index (χ4v) is 4.13. The van der Waals surface area contributed by atoms with Gasteiger partial charge in [-0.3, -0.25) is 9.59 Å². The van der Waals surface area contributed by atoms with Crippen LogP contribution in [0.3, 0.4) is 0 Å². The molecule has 2 rings (SSSR count). The third-order valence-corrected chi connectivity index (χ3v) is 6.41. The Morgan fingerprint density at radius 2 is 1.66 bits per heavy atom. The van der Waals surface area contributed by atoms with Gasteiger partial charge in [-0.1, -0.05) is 19.9 Å². The molecule has 9 heteroatoms. The van der Waals surface area contributed by atoms with Crippen molar-refractivity contribution in [2.45, 2.75) is 25.7 Å². The Kier molecular flexibility index (Phi) is 7.46. The topological polar surface area (TPSA) is 95.6 Å². The van der Waals surface area contributed by atoms with Crippen molar-refractivity contribution in [3.63, 3.8) is 0 Å². The molecule has 0 aromatic heterocycles. The molecule has 156 valence electrons. The van der Waals surface area contributed by atoms with Gasteiger partial charge >= 0.3 is 0 Å². The van der Waals surface area contributed by atoms with Crippen LogP contribution in [0, 0.1) is 12.7 Å². The Balaban J connectivity index is 1.99. The molecule has 0 saturated heterocycles. The summed E-state index contributed by atoms with van der Waals surface area (Å²) in [6.07, 6.45) is 0. The maximum Gasteiger partial charge on any atom is 0.251 e. The maximum atomic E-state index is 13.3. The molecule has 0 fully saturated rings. The van der Waals surface area contributed by atoms with Gasteiger partial charge in [0.05, 0.1) is 11.4 Å². The van der Waals surface area contributed by atoms with Crippen LogP contribution in [0.2, 0.25) is 0 Å². The Morgan fingerprint density at radius 1 is 1.03 bits per heavy atom. The molecule has 0 bridgehead atoms. The van der Waals surface area contributed by atoms with Crippen molar-refractivity contribution in [2.24, 2.45) is 0 Å². The van der Waals surface area contributed by atoms with E-state index in [2.05, 4.69) is 10.6 Å². The number of anilines is 1. The molecule has 0 radical (unpaired) electrons.